The Morgan fingerprint density at radius 2 is 1.57 bits per heavy atom. The highest BCUT2D eigenvalue weighted by Crippen LogP contribution is 2.25. The Labute approximate surface area is 168 Å². The van der Waals surface area contributed by atoms with Gasteiger partial charge in [0.1, 0.15) is 11.4 Å². The molecule has 0 aliphatic carbocycles. The summed E-state index contributed by atoms with van der Waals surface area (Å²) < 4.78 is 12.9. The Hall–Kier alpha value is -2.63. The molecule has 0 radical (unpaired) electrons. The van der Waals surface area contributed by atoms with Crippen LogP contribution in [0.1, 0.15) is 12.5 Å². The molecular formula is C23H22FNO2S. The maximum Gasteiger partial charge on any atom is 0.230 e. The van der Waals surface area contributed by atoms with Crippen LogP contribution in [0.3, 0.4) is 0 Å². The van der Waals surface area contributed by atoms with Crippen LogP contribution in [0.15, 0.2) is 83.8 Å². The zero-order valence-corrected chi connectivity index (χ0v) is 16.4. The van der Waals surface area contributed by atoms with Crippen LogP contribution in [0.5, 0.6) is 0 Å². The Bertz CT molecular complexity index is 910. The van der Waals surface area contributed by atoms with Gasteiger partial charge in [-0.15, -0.1) is 11.8 Å². The second-order valence-electron chi connectivity index (χ2n) is 6.74. The summed E-state index contributed by atoms with van der Waals surface area (Å²) in [5.74, 6) is -0.284. The number of hydrogen-bond donors (Lipinski definition) is 2. The maximum absolute atomic E-state index is 12.9. The van der Waals surface area contributed by atoms with Crippen LogP contribution >= 0.6 is 11.8 Å². The van der Waals surface area contributed by atoms with Gasteiger partial charge in [-0.05, 0) is 47.9 Å². The number of benzene rings is 3. The van der Waals surface area contributed by atoms with Gasteiger partial charge in [0.05, 0.1) is 12.3 Å². The van der Waals surface area contributed by atoms with Crippen molar-refractivity contribution in [3.05, 3.63) is 90.2 Å². The fourth-order valence-electron chi connectivity index (χ4n) is 2.76. The van der Waals surface area contributed by atoms with E-state index in [1.807, 2.05) is 54.6 Å². The monoisotopic (exact) mass is 395 g/mol. The Kier molecular flexibility index (Phi) is 6.49. The highest BCUT2D eigenvalue weighted by atomic mass is 32.2. The summed E-state index contributed by atoms with van der Waals surface area (Å²) in [6, 6.07) is 23.7. The highest BCUT2D eigenvalue weighted by molar-refractivity contribution is 8.00. The van der Waals surface area contributed by atoms with Crippen molar-refractivity contribution in [2.24, 2.45) is 0 Å². The van der Waals surface area contributed by atoms with Gasteiger partial charge in [-0.2, -0.15) is 0 Å². The number of amides is 1. The van der Waals surface area contributed by atoms with E-state index in [9.17, 15) is 14.3 Å². The minimum absolute atomic E-state index is 0.112. The number of nitrogens with one attached hydrogen (secondary N) is 1. The van der Waals surface area contributed by atoms with E-state index in [0.717, 1.165) is 21.6 Å². The number of hydrogen-bond acceptors (Lipinski definition) is 3. The molecule has 3 aromatic rings. The van der Waals surface area contributed by atoms with Crippen molar-refractivity contribution in [2.45, 2.75) is 17.4 Å². The smallest absolute Gasteiger partial charge is 0.230 e. The lowest BCUT2D eigenvalue weighted by Crippen LogP contribution is -2.39. The molecule has 0 saturated heterocycles. The van der Waals surface area contributed by atoms with E-state index in [0.29, 0.717) is 0 Å². The zero-order chi connectivity index (χ0) is 20.0. The molecule has 3 nitrogen and oxygen atoms in total. The van der Waals surface area contributed by atoms with Crippen molar-refractivity contribution < 1.29 is 14.3 Å². The first kappa shape index (κ1) is 20.1. The Balaban J connectivity index is 1.54. The van der Waals surface area contributed by atoms with Gasteiger partial charge in [-0.1, -0.05) is 54.6 Å². The third kappa shape index (κ3) is 5.44. The highest BCUT2D eigenvalue weighted by Gasteiger charge is 2.23. The molecule has 1 atom stereocenters. The molecule has 0 fully saturated rings. The molecule has 0 unspecified atom stereocenters. The SMILES string of the molecule is C[C@@](O)(CNC(=O)CSc1ccc(F)cc1)c1ccc(-c2ccccc2)cc1. The van der Waals surface area contributed by atoms with E-state index >= 15 is 0 Å². The van der Waals surface area contributed by atoms with Crippen molar-refractivity contribution in [1.82, 2.24) is 5.32 Å². The fourth-order valence-corrected chi connectivity index (χ4v) is 3.48. The number of carbonyl (C=O) groups is 1. The van der Waals surface area contributed by atoms with Gasteiger partial charge in [0, 0.05) is 4.90 Å². The summed E-state index contributed by atoms with van der Waals surface area (Å²) in [7, 11) is 0. The lowest BCUT2D eigenvalue weighted by Gasteiger charge is -2.24. The third-order valence-electron chi connectivity index (χ3n) is 4.43. The quantitative estimate of drug-likeness (QED) is 0.575. The summed E-state index contributed by atoms with van der Waals surface area (Å²) in [4.78, 5) is 12.9. The first-order valence-electron chi connectivity index (χ1n) is 8.97. The normalized spacial score (nSPS) is 13.0. The molecule has 2 N–H and O–H groups in total. The minimum atomic E-state index is -1.18. The van der Waals surface area contributed by atoms with E-state index in [4.69, 9.17) is 0 Å². The molecule has 1 amide bonds. The molecule has 0 saturated carbocycles. The number of halogens is 1. The van der Waals surface area contributed by atoms with Gasteiger partial charge in [0.25, 0.3) is 0 Å². The molecule has 0 bridgehead atoms. The van der Waals surface area contributed by atoms with Crippen LogP contribution in [-0.4, -0.2) is 23.3 Å². The summed E-state index contributed by atoms with van der Waals surface area (Å²) in [6.07, 6.45) is 0. The number of carbonyl (C=O) groups excluding carboxylic acids is 1. The van der Waals surface area contributed by atoms with E-state index in [1.54, 1.807) is 19.1 Å². The lowest BCUT2D eigenvalue weighted by atomic mass is 9.93. The van der Waals surface area contributed by atoms with Gasteiger partial charge in [0.15, 0.2) is 0 Å². The molecule has 3 rings (SSSR count). The van der Waals surface area contributed by atoms with E-state index in [-0.39, 0.29) is 24.0 Å². The molecule has 3 aromatic carbocycles. The number of aliphatic hydroxyl groups is 1. The van der Waals surface area contributed by atoms with Gasteiger partial charge >= 0.3 is 0 Å². The third-order valence-corrected chi connectivity index (χ3v) is 5.44. The van der Waals surface area contributed by atoms with Crippen molar-refractivity contribution in [1.29, 1.82) is 0 Å². The van der Waals surface area contributed by atoms with Crippen molar-refractivity contribution in [3.63, 3.8) is 0 Å². The number of rotatable bonds is 7. The van der Waals surface area contributed by atoms with E-state index in [1.165, 1.54) is 23.9 Å². The predicted molar refractivity (Wildman–Crippen MR) is 112 cm³/mol. The topological polar surface area (TPSA) is 49.3 Å². The summed E-state index contributed by atoms with van der Waals surface area (Å²) >= 11 is 1.32. The first-order chi connectivity index (χ1) is 13.4. The molecular weight excluding hydrogens is 373 g/mol. The second-order valence-corrected chi connectivity index (χ2v) is 7.79. The van der Waals surface area contributed by atoms with Gasteiger partial charge in [-0.25, -0.2) is 4.39 Å². The molecule has 0 aliphatic heterocycles. The molecule has 0 aromatic heterocycles. The standard InChI is InChI=1S/C23H22FNO2S/c1-23(27,16-25-22(26)15-28-21-13-11-20(24)12-14-21)19-9-7-18(8-10-19)17-5-3-2-4-6-17/h2-14,27H,15-16H2,1H3,(H,25,26)/t23-/m1/s1. The molecule has 28 heavy (non-hydrogen) atoms. The van der Waals surface area contributed by atoms with Gasteiger partial charge in [-0.3, -0.25) is 4.79 Å². The average molecular weight is 395 g/mol. The van der Waals surface area contributed by atoms with Crippen molar-refractivity contribution in [3.8, 4) is 11.1 Å². The molecule has 144 valence electrons. The van der Waals surface area contributed by atoms with Crippen LogP contribution in [-0.2, 0) is 10.4 Å². The molecule has 5 heteroatoms. The Morgan fingerprint density at radius 3 is 2.21 bits per heavy atom. The summed E-state index contributed by atoms with van der Waals surface area (Å²) in [5, 5.41) is 13.5. The molecule has 0 aliphatic rings. The molecule has 0 spiro atoms. The van der Waals surface area contributed by atoms with Crippen LogP contribution in [0.25, 0.3) is 11.1 Å². The Morgan fingerprint density at radius 1 is 0.964 bits per heavy atom. The largest absolute Gasteiger partial charge is 0.384 e. The van der Waals surface area contributed by atoms with Crippen LogP contribution in [0, 0.1) is 5.82 Å². The maximum atomic E-state index is 12.9. The van der Waals surface area contributed by atoms with Crippen molar-refractivity contribution >= 4 is 17.7 Å². The minimum Gasteiger partial charge on any atom is -0.384 e. The fraction of sp³-hybridized carbons (Fsp3) is 0.174. The van der Waals surface area contributed by atoms with Crippen LogP contribution in [0.2, 0.25) is 0 Å². The first-order valence-corrected chi connectivity index (χ1v) is 9.96. The summed E-state index contributed by atoms with van der Waals surface area (Å²) in [6.45, 7) is 1.79. The second kappa shape index (κ2) is 9.04. The zero-order valence-electron chi connectivity index (χ0n) is 15.6. The van der Waals surface area contributed by atoms with Crippen LogP contribution < -0.4 is 5.32 Å². The molecule has 0 heterocycles. The number of thioether (sulfide) groups is 1. The van der Waals surface area contributed by atoms with Crippen molar-refractivity contribution in [2.75, 3.05) is 12.3 Å². The lowest BCUT2D eigenvalue weighted by molar-refractivity contribution is -0.119. The predicted octanol–water partition coefficient (Wildman–Crippen LogP) is 4.61. The van der Waals surface area contributed by atoms with Gasteiger partial charge < -0.3 is 10.4 Å². The van der Waals surface area contributed by atoms with E-state index < -0.39 is 5.60 Å². The van der Waals surface area contributed by atoms with Crippen LogP contribution in [0.4, 0.5) is 4.39 Å². The summed E-state index contributed by atoms with van der Waals surface area (Å²) in [5.41, 5.74) is 1.74. The van der Waals surface area contributed by atoms with E-state index in [2.05, 4.69) is 5.32 Å². The average Bonchev–Trinajstić information content (AvgIpc) is 2.73. The van der Waals surface area contributed by atoms with Gasteiger partial charge in [0.2, 0.25) is 5.91 Å².